The second-order valence-corrected chi connectivity index (χ2v) is 16.9. The molecular formula is C53H64O14S2. The lowest BCUT2D eigenvalue weighted by atomic mass is 9.62. The van der Waals surface area contributed by atoms with Gasteiger partial charge in [-0.2, -0.15) is 25.3 Å². The van der Waals surface area contributed by atoms with Crippen molar-refractivity contribution in [1.29, 1.82) is 0 Å². The number of hydrogen-bond acceptors (Lipinski definition) is 16. The highest BCUT2D eigenvalue weighted by Crippen LogP contribution is 2.49. The van der Waals surface area contributed by atoms with E-state index in [-0.39, 0.29) is 64.0 Å². The Labute approximate surface area is 415 Å². The molecule has 0 aliphatic carbocycles. The Morgan fingerprint density at radius 3 is 1.09 bits per heavy atom. The molecule has 69 heavy (non-hydrogen) atoms. The minimum absolute atomic E-state index is 0.0000312. The van der Waals surface area contributed by atoms with Crippen LogP contribution in [0.25, 0.3) is 0 Å². The van der Waals surface area contributed by atoms with E-state index < -0.39 is 47.7 Å². The highest BCUT2D eigenvalue weighted by atomic mass is 32.1. The van der Waals surface area contributed by atoms with Gasteiger partial charge in [-0.15, -0.1) is 0 Å². The number of thiol groups is 2. The van der Waals surface area contributed by atoms with Gasteiger partial charge in [0, 0.05) is 34.0 Å². The highest BCUT2D eigenvalue weighted by molar-refractivity contribution is 7.80. The van der Waals surface area contributed by atoms with Crippen LogP contribution in [0.1, 0.15) is 48.9 Å². The summed E-state index contributed by atoms with van der Waals surface area (Å²) in [5.41, 5.74) is 3.16. The molecule has 4 N–H and O–H groups in total. The van der Waals surface area contributed by atoms with E-state index in [1.807, 2.05) is 72.8 Å². The van der Waals surface area contributed by atoms with Crippen LogP contribution in [0.15, 0.2) is 146 Å². The summed E-state index contributed by atoms with van der Waals surface area (Å²) in [6, 6.07) is 30.2. The van der Waals surface area contributed by atoms with Gasteiger partial charge in [0.05, 0.1) is 12.5 Å². The molecule has 14 nitrogen and oxygen atoms in total. The predicted molar refractivity (Wildman–Crippen MR) is 270 cm³/mol. The Morgan fingerprint density at radius 1 is 0.507 bits per heavy atom. The number of rotatable bonds is 31. The Hall–Kier alpha value is -5.88. The molecule has 0 aliphatic rings. The molecule has 0 amide bonds. The maximum Gasteiger partial charge on any atom is 0.333 e. The van der Waals surface area contributed by atoms with E-state index in [1.165, 1.54) is 26.4 Å². The summed E-state index contributed by atoms with van der Waals surface area (Å²) in [5, 5.41) is 41.9. The van der Waals surface area contributed by atoms with Crippen LogP contribution in [-0.4, -0.2) is 121 Å². The summed E-state index contributed by atoms with van der Waals surface area (Å²) >= 11 is 8.22. The molecule has 4 rings (SSSR count). The topological polar surface area (TPSA) is 189 Å². The zero-order chi connectivity index (χ0) is 50.2. The maximum absolute atomic E-state index is 11.9. The predicted octanol–water partition coefficient (Wildman–Crippen LogP) is 6.94. The van der Waals surface area contributed by atoms with E-state index in [9.17, 15) is 30.0 Å². The van der Waals surface area contributed by atoms with Crippen LogP contribution in [0.5, 0.6) is 23.0 Å². The fraction of sp³-hybridized carbons (Fsp3) is 0.358. The zero-order valence-electron chi connectivity index (χ0n) is 39.2. The van der Waals surface area contributed by atoms with Gasteiger partial charge < -0.3 is 58.3 Å². The molecular weight excluding hydrogens is 925 g/mol. The third-order valence-electron chi connectivity index (χ3n) is 10.4. The van der Waals surface area contributed by atoms with Crippen molar-refractivity contribution in [2.45, 2.75) is 56.5 Å². The first-order valence-corrected chi connectivity index (χ1v) is 23.5. The molecule has 4 aromatic rings. The summed E-state index contributed by atoms with van der Waals surface area (Å²) in [6.45, 7) is 11.6. The van der Waals surface area contributed by atoms with Crippen LogP contribution in [0.2, 0.25) is 0 Å². The zero-order valence-corrected chi connectivity index (χ0v) is 41.0. The molecule has 4 unspecified atom stereocenters. The van der Waals surface area contributed by atoms with E-state index in [0.717, 1.165) is 22.3 Å². The average Bonchev–Trinajstić information content (AvgIpc) is 3.35. The van der Waals surface area contributed by atoms with Crippen LogP contribution >= 0.6 is 25.3 Å². The van der Waals surface area contributed by atoms with E-state index in [0.29, 0.717) is 34.5 Å². The van der Waals surface area contributed by atoms with E-state index in [2.05, 4.69) is 45.3 Å². The number of ether oxygens (including phenoxy) is 8. The lowest BCUT2D eigenvalue weighted by Gasteiger charge is -2.40. The third-order valence-corrected chi connectivity index (χ3v) is 10.8. The van der Waals surface area contributed by atoms with Gasteiger partial charge in [-0.1, -0.05) is 68.6 Å². The Bertz CT molecular complexity index is 2090. The molecule has 0 fully saturated rings. The normalized spacial score (nSPS) is 14.4. The summed E-state index contributed by atoms with van der Waals surface area (Å²) in [5.74, 6) is 1.42. The molecule has 0 radical (unpaired) electrons. The van der Waals surface area contributed by atoms with E-state index >= 15 is 0 Å². The maximum atomic E-state index is 11.9. The van der Waals surface area contributed by atoms with Crippen LogP contribution in [0, 0.1) is 0 Å². The average molecular weight is 989 g/mol. The SMILES string of the molecule is C=C(C)C(=O)OCC(O)COc1ccc(C(C)(c2ccc(OCC(O)COC(=O)C(=C)C)cc2)C(c2ccc(OCC(O)COC=CCS)cc2)c2ccc(OCC(O)COC=CCS)cc2)cc1. The van der Waals surface area contributed by atoms with Crippen LogP contribution in [0.4, 0.5) is 0 Å². The summed E-state index contributed by atoms with van der Waals surface area (Å²) in [6.07, 6.45) is 2.50. The van der Waals surface area contributed by atoms with Gasteiger partial charge in [0.15, 0.2) is 0 Å². The van der Waals surface area contributed by atoms with Crippen molar-refractivity contribution in [2.75, 3.05) is 64.4 Å². The second kappa shape index (κ2) is 29.2. The van der Waals surface area contributed by atoms with Gasteiger partial charge >= 0.3 is 11.9 Å². The fourth-order valence-corrected chi connectivity index (χ4v) is 6.95. The van der Waals surface area contributed by atoms with Gasteiger partial charge in [0.2, 0.25) is 0 Å². The lowest BCUT2D eigenvalue weighted by Crippen LogP contribution is -2.33. The molecule has 0 saturated heterocycles. The van der Waals surface area contributed by atoms with Gasteiger partial charge in [0.1, 0.15) is 100 Å². The number of aliphatic hydroxyl groups is 4. The quantitative estimate of drug-likeness (QED) is 0.0132. The molecule has 0 aliphatic heterocycles. The number of esters is 2. The third kappa shape index (κ3) is 18.5. The Balaban J connectivity index is 1.72. The molecule has 372 valence electrons. The van der Waals surface area contributed by atoms with E-state index in [4.69, 9.17) is 37.9 Å². The minimum Gasteiger partial charge on any atom is -0.499 e. The molecule has 0 bridgehead atoms. The van der Waals surface area contributed by atoms with Crippen molar-refractivity contribution in [3.63, 3.8) is 0 Å². The first kappa shape index (κ1) is 55.7. The van der Waals surface area contributed by atoms with Crippen molar-refractivity contribution in [1.82, 2.24) is 0 Å². The molecule has 0 spiro atoms. The number of carbonyl (C=O) groups is 2. The molecule has 4 atom stereocenters. The lowest BCUT2D eigenvalue weighted by molar-refractivity contribution is -0.143. The standard InChI is InChI=1S/C53H64O14S2/c1-36(2)51(58)66-34-44(56)32-64-48-20-12-40(13-21-48)53(5,41-14-22-49(23-15-41)65-33-45(57)35-67-52(59)37(3)4)50(38-8-16-46(17-9-38)62-30-42(54)28-60-24-6-26-68)39-10-18-47(19-11-39)63-31-43(55)29-61-25-7-27-69/h6-25,42-45,50,54-57,68-69H,1,3,26-35H2,2,4-5H3. The van der Waals surface area contributed by atoms with Crippen LogP contribution < -0.4 is 18.9 Å². The summed E-state index contributed by atoms with van der Waals surface area (Å²) in [7, 11) is 0. The van der Waals surface area contributed by atoms with Crippen molar-refractivity contribution in [3.8, 4) is 23.0 Å². The molecule has 16 heteroatoms. The monoisotopic (exact) mass is 988 g/mol. The van der Waals surface area contributed by atoms with E-state index in [1.54, 1.807) is 36.4 Å². The molecule has 0 saturated carbocycles. The molecule has 0 heterocycles. The van der Waals surface area contributed by atoms with Gasteiger partial charge in [0.25, 0.3) is 0 Å². The molecule has 0 aromatic heterocycles. The summed E-state index contributed by atoms with van der Waals surface area (Å²) < 4.78 is 44.6. The smallest absolute Gasteiger partial charge is 0.333 e. The molecule has 4 aromatic carbocycles. The number of aliphatic hydroxyl groups excluding tert-OH is 4. The second-order valence-electron chi connectivity index (χ2n) is 16.2. The summed E-state index contributed by atoms with van der Waals surface area (Å²) in [4.78, 5) is 23.7. The Kier molecular flexibility index (Phi) is 23.6. The highest BCUT2D eigenvalue weighted by Gasteiger charge is 2.40. The van der Waals surface area contributed by atoms with Crippen molar-refractivity contribution in [2.24, 2.45) is 0 Å². The Morgan fingerprint density at radius 2 is 0.797 bits per heavy atom. The fourth-order valence-electron chi connectivity index (χ4n) is 6.77. The van der Waals surface area contributed by atoms with Gasteiger partial charge in [-0.3, -0.25) is 0 Å². The van der Waals surface area contributed by atoms with Crippen LogP contribution in [0.3, 0.4) is 0 Å². The van der Waals surface area contributed by atoms with Crippen molar-refractivity contribution >= 4 is 37.2 Å². The number of carbonyl (C=O) groups excluding carboxylic acids is 2. The van der Waals surface area contributed by atoms with Gasteiger partial charge in [-0.05, 0) is 96.8 Å². The van der Waals surface area contributed by atoms with Crippen LogP contribution in [-0.2, 0) is 34.0 Å². The van der Waals surface area contributed by atoms with Gasteiger partial charge in [-0.25, -0.2) is 9.59 Å². The number of hydrogen-bond donors (Lipinski definition) is 6. The van der Waals surface area contributed by atoms with Crippen molar-refractivity contribution < 1.29 is 67.9 Å². The number of benzene rings is 4. The minimum atomic E-state index is -1.08. The first-order chi connectivity index (χ1) is 33.1. The van der Waals surface area contributed by atoms with Crippen molar-refractivity contribution in [3.05, 3.63) is 168 Å². The first-order valence-electron chi connectivity index (χ1n) is 22.2. The largest absolute Gasteiger partial charge is 0.499 e.